The van der Waals surface area contributed by atoms with E-state index in [-0.39, 0.29) is 5.45 Å². The Morgan fingerprint density at radius 3 is 2.73 bits per heavy atom. The second kappa shape index (κ2) is 6.07. The van der Waals surface area contributed by atoms with Crippen LogP contribution in [0.15, 0.2) is 48.3 Å². The molecule has 1 N–H and O–H groups in total. The first kappa shape index (κ1) is 11.6. The van der Waals surface area contributed by atoms with E-state index in [1.807, 2.05) is 25.0 Å². The van der Waals surface area contributed by atoms with Crippen molar-refractivity contribution in [3.8, 4) is 0 Å². The number of allylic oxidation sites excluding steroid dienone is 6. The molecule has 0 aliphatic heterocycles. The maximum absolute atomic E-state index is 11.1. The van der Waals surface area contributed by atoms with E-state index in [9.17, 15) is 4.79 Å². The van der Waals surface area contributed by atoms with Crippen molar-refractivity contribution in [1.29, 1.82) is 0 Å². The Bertz CT molecular complexity index is 474. The topological polar surface area (TPSA) is 32.9 Å². The third-order valence-corrected chi connectivity index (χ3v) is 1.85. The van der Waals surface area contributed by atoms with Gasteiger partial charge in [0, 0.05) is 0 Å². The van der Waals surface area contributed by atoms with Crippen molar-refractivity contribution < 1.29 is 0 Å². The third-order valence-electron chi connectivity index (χ3n) is 1.85. The summed E-state index contributed by atoms with van der Waals surface area (Å²) in [5, 5.41) is 0.850. The minimum atomic E-state index is -0.118. The predicted molar refractivity (Wildman–Crippen MR) is 68.6 cm³/mol. The molecule has 1 rings (SSSR count). The first-order valence-corrected chi connectivity index (χ1v) is 4.59. The van der Waals surface area contributed by atoms with Crippen LogP contribution in [-0.4, -0.2) is 25.5 Å². The molecule has 15 heavy (non-hydrogen) atoms. The quantitative estimate of drug-likeness (QED) is 0.700. The van der Waals surface area contributed by atoms with Gasteiger partial charge in [-0.15, -0.1) is 0 Å². The molecular weight excluding hydrogens is 183 g/mol. The molecule has 0 bridgehead atoms. The van der Waals surface area contributed by atoms with Crippen molar-refractivity contribution in [3.05, 3.63) is 59.1 Å². The van der Waals surface area contributed by atoms with E-state index in [1.54, 1.807) is 19.1 Å². The Kier molecular flexibility index (Phi) is 4.68. The zero-order valence-corrected chi connectivity index (χ0v) is 8.44. The summed E-state index contributed by atoms with van der Waals surface area (Å²) in [5.41, 5.74) is 0.784. The maximum atomic E-state index is 11.1. The van der Waals surface area contributed by atoms with E-state index in [2.05, 4.69) is 18.0 Å². The molecule has 0 saturated carbocycles. The molecule has 5 heteroatoms. The molecule has 1 heterocycles. The van der Waals surface area contributed by atoms with E-state index in [4.69, 9.17) is 0 Å². The van der Waals surface area contributed by atoms with Crippen molar-refractivity contribution in [2.24, 2.45) is 0 Å². The van der Waals surface area contributed by atoms with Crippen molar-refractivity contribution in [2.75, 3.05) is 0 Å². The molecule has 0 aromatic carbocycles. The van der Waals surface area contributed by atoms with Crippen LogP contribution in [0.25, 0.3) is 5.57 Å². The van der Waals surface area contributed by atoms with Gasteiger partial charge >= 0.3 is 90.3 Å². The molecule has 0 unspecified atom stereocenters. The number of hydrogen-bond acceptors (Lipinski definition) is 1. The Morgan fingerprint density at radius 2 is 2.13 bits per heavy atom. The molecule has 0 amide bonds. The summed E-state index contributed by atoms with van der Waals surface area (Å²) in [5.74, 6) is 0. The molecule has 1 aromatic heterocycles. The number of nitrogens with one attached hydrogen (secondary N) is 1. The monoisotopic (exact) mass is 193 g/mol. The van der Waals surface area contributed by atoms with Crippen LogP contribution in [0, 0.1) is 0 Å². The molecule has 1 aromatic rings. The Hall–Kier alpha value is -1.51. The molecule has 0 aliphatic rings. The van der Waals surface area contributed by atoms with Crippen LogP contribution in [0.2, 0.25) is 0 Å². The normalized spacial score (nSPS) is 10.8. The number of hydrogen-bond donors (Lipinski definition) is 1. The molecule has 2 nitrogen and oxygen atoms in total. The predicted octanol–water partition coefficient (Wildman–Crippen LogP) is 0.701. The molecule has 0 fully saturated rings. The summed E-state index contributed by atoms with van der Waals surface area (Å²) < 4.78 is 0. The SMILES string of the molecule is C=C/C=C\C=C(/C=C)c1bb[nH]c(=O)b1. The van der Waals surface area contributed by atoms with Crippen LogP contribution < -0.4 is 5.45 Å². The van der Waals surface area contributed by atoms with Gasteiger partial charge in [-0.25, -0.2) is 0 Å². The first-order valence-electron chi connectivity index (χ1n) is 4.59. The van der Waals surface area contributed by atoms with Gasteiger partial charge in [-0.3, -0.25) is 0 Å². The average Bonchev–Trinajstić information content (AvgIpc) is 2.24. The average molecular weight is 193 g/mol. The standard InChI is InChI=1S/C10H10B3NO/c1-3-5-6-7-8(4-2)9-11-10(15)14-13-12-9/h3-7H,1-2H2,(H,14,15)/b6-5-,8-7+. The van der Waals surface area contributed by atoms with Crippen LogP contribution in [-0.2, 0) is 0 Å². The van der Waals surface area contributed by atoms with Crippen molar-refractivity contribution in [2.45, 2.75) is 0 Å². The molecule has 70 valence electrons. The number of aromatic amines is 1. The van der Waals surface area contributed by atoms with Gasteiger partial charge < -0.3 is 0 Å². The van der Waals surface area contributed by atoms with Gasteiger partial charge in [-0.2, -0.15) is 0 Å². The van der Waals surface area contributed by atoms with Crippen LogP contribution in [0.1, 0.15) is 5.35 Å². The number of rotatable bonds is 4. The van der Waals surface area contributed by atoms with Crippen LogP contribution in [0.3, 0.4) is 0 Å². The second-order valence-electron chi connectivity index (χ2n) is 2.89. The van der Waals surface area contributed by atoms with E-state index in [0.29, 0.717) is 0 Å². The van der Waals surface area contributed by atoms with Gasteiger partial charge in [0.05, 0.1) is 0 Å². The molecular formula is C10H10B3NO. The fourth-order valence-electron chi connectivity index (χ4n) is 1.14. The fourth-order valence-corrected chi connectivity index (χ4v) is 1.14. The summed E-state index contributed by atoms with van der Waals surface area (Å²) in [7, 11) is 0. The van der Waals surface area contributed by atoms with Gasteiger partial charge in [-0.1, -0.05) is 0 Å². The van der Waals surface area contributed by atoms with Gasteiger partial charge in [0.1, 0.15) is 0 Å². The van der Waals surface area contributed by atoms with Crippen LogP contribution in [0.5, 0.6) is 0 Å². The zero-order valence-electron chi connectivity index (χ0n) is 8.44. The number of aromatic nitrogens is 1. The van der Waals surface area contributed by atoms with Gasteiger partial charge in [0.15, 0.2) is 0 Å². The molecule has 0 radical (unpaired) electrons. The summed E-state index contributed by atoms with van der Waals surface area (Å²) in [6.07, 6.45) is 8.95. The second-order valence-corrected chi connectivity index (χ2v) is 2.89. The molecule has 0 atom stereocenters. The van der Waals surface area contributed by atoms with E-state index in [0.717, 1.165) is 10.9 Å². The van der Waals surface area contributed by atoms with E-state index in [1.165, 1.54) is 6.91 Å². The van der Waals surface area contributed by atoms with Crippen molar-refractivity contribution in [3.63, 3.8) is 0 Å². The Labute approximate surface area is 90.8 Å². The first-order chi connectivity index (χ1) is 7.27. The van der Waals surface area contributed by atoms with Gasteiger partial charge in [0.2, 0.25) is 0 Å². The third kappa shape index (κ3) is 3.62. The van der Waals surface area contributed by atoms with E-state index < -0.39 is 0 Å². The Morgan fingerprint density at radius 1 is 1.33 bits per heavy atom. The summed E-state index contributed by atoms with van der Waals surface area (Å²) in [6, 6.07) is 0. The van der Waals surface area contributed by atoms with E-state index >= 15 is 0 Å². The van der Waals surface area contributed by atoms with Crippen molar-refractivity contribution in [1.82, 2.24) is 4.89 Å². The Balaban J connectivity index is 3.07. The summed E-state index contributed by atoms with van der Waals surface area (Å²) >= 11 is 0. The van der Waals surface area contributed by atoms with Gasteiger partial charge in [-0.05, 0) is 0 Å². The van der Waals surface area contributed by atoms with Gasteiger partial charge in [0.25, 0.3) is 0 Å². The molecule has 0 saturated heterocycles. The summed E-state index contributed by atoms with van der Waals surface area (Å²) in [4.78, 5) is 13.7. The minimum absolute atomic E-state index is 0.118. The number of H-pyrrole nitrogens is 1. The van der Waals surface area contributed by atoms with Crippen molar-refractivity contribution >= 4 is 26.2 Å². The van der Waals surface area contributed by atoms with Crippen LogP contribution in [0.4, 0.5) is 0 Å². The zero-order chi connectivity index (χ0) is 11.1. The molecule has 0 aliphatic carbocycles. The fraction of sp³-hybridized carbons (Fsp3) is 0. The van der Waals surface area contributed by atoms with Crippen LogP contribution >= 0.6 is 0 Å². The summed E-state index contributed by atoms with van der Waals surface area (Å²) in [6.45, 7) is 12.3. The molecule has 0 spiro atoms.